The Balaban J connectivity index is 1.88. The van der Waals surface area contributed by atoms with Crippen LogP contribution >= 0.6 is 0 Å². The molecule has 0 saturated heterocycles. The molecule has 5 heteroatoms. The number of nitro groups is 1. The van der Waals surface area contributed by atoms with Crippen LogP contribution < -0.4 is 5.32 Å². The zero-order chi connectivity index (χ0) is 13.7. The number of rotatable bonds is 5. The molecule has 0 aromatic heterocycles. The second kappa shape index (κ2) is 6.63. The topological polar surface area (TPSA) is 64.4 Å². The first kappa shape index (κ1) is 14.0. The summed E-state index contributed by atoms with van der Waals surface area (Å²) >= 11 is 0. The van der Waals surface area contributed by atoms with Crippen LogP contribution in [0.15, 0.2) is 24.3 Å². The predicted molar refractivity (Wildman–Crippen MR) is 73.0 cm³/mol. The molecule has 1 N–H and O–H groups in total. The summed E-state index contributed by atoms with van der Waals surface area (Å²) < 4.78 is 5.34. The normalized spacial score (nSPS) is 23.2. The van der Waals surface area contributed by atoms with Crippen LogP contribution in [0, 0.1) is 10.1 Å². The fourth-order valence-electron chi connectivity index (χ4n) is 2.60. The zero-order valence-corrected chi connectivity index (χ0v) is 11.2. The third-order valence-corrected chi connectivity index (χ3v) is 3.78. The van der Waals surface area contributed by atoms with E-state index in [1.165, 1.54) is 0 Å². The summed E-state index contributed by atoms with van der Waals surface area (Å²) in [7, 11) is 1.76. The molecule has 0 bridgehead atoms. The van der Waals surface area contributed by atoms with Crippen LogP contribution in [0.4, 0.5) is 5.69 Å². The van der Waals surface area contributed by atoms with E-state index in [0.717, 1.165) is 31.2 Å². The highest BCUT2D eigenvalue weighted by Crippen LogP contribution is 2.22. The molecule has 0 amide bonds. The lowest BCUT2D eigenvalue weighted by Gasteiger charge is -2.28. The Morgan fingerprint density at radius 2 is 2.00 bits per heavy atom. The van der Waals surface area contributed by atoms with Crippen molar-refractivity contribution in [1.82, 2.24) is 5.32 Å². The van der Waals surface area contributed by atoms with Crippen LogP contribution in [-0.2, 0) is 11.3 Å². The summed E-state index contributed by atoms with van der Waals surface area (Å²) in [6.07, 6.45) is 4.64. The van der Waals surface area contributed by atoms with Crippen LogP contribution in [0.3, 0.4) is 0 Å². The third-order valence-electron chi connectivity index (χ3n) is 3.78. The summed E-state index contributed by atoms with van der Waals surface area (Å²) in [6, 6.07) is 7.34. The van der Waals surface area contributed by atoms with Gasteiger partial charge in [0, 0.05) is 31.3 Å². The van der Waals surface area contributed by atoms with Gasteiger partial charge in [-0.2, -0.15) is 0 Å². The van der Waals surface area contributed by atoms with Gasteiger partial charge in [-0.15, -0.1) is 0 Å². The number of para-hydroxylation sites is 1. The zero-order valence-electron chi connectivity index (χ0n) is 11.2. The highest BCUT2D eigenvalue weighted by atomic mass is 16.6. The Morgan fingerprint density at radius 1 is 1.32 bits per heavy atom. The molecule has 1 saturated carbocycles. The summed E-state index contributed by atoms with van der Waals surface area (Å²) in [4.78, 5) is 10.6. The molecule has 0 unspecified atom stereocenters. The quantitative estimate of drug-likeness (QED) is 0.656. The van der Waals surface area contributed by atoms with Crippen molar-refractivity contribution in [2.75, 3.05) is 7.11 Å². The molecule has 104 valence electrons. The monoisotopic (exact) mass is 264 g/mol. The molecule has 19 heavy (non-hydrogen) atoms. The van der Waals surface area contributed by atoms with E-state index < -0.39 is 0 Å². The average molecular weight is 264 g/mol. The van der Waals surface area contributed by atoms with Crippen molar-refractivity contribution < 1.29 is 9.66 Å². The number of nitro benzene ring substituents is 1. The molecule has 5 nitrogen and oxygen atoms in total. The maximum atomic E-state index is 10.9. The maximum Gasteiger partial charge on any atom is 0.273 e. The number of hydrogen-bond donors (Lipinski definition) is 1. The van der Waals surface area contributed by atoms with E-state index in [9.17, 15) is 10.1 Å². The molecular weight excluding hydrogens is 244 g/mol. The summed E-state index contributed by atoms with van der Waals surface area (Å²) in [6.45, 7) is 0.555. The van der Waals surface area contributed by atoms with Gasteiger partial charge in [-0.05, 0) is 25.7 Å². The van der Waals surface area contributed by atoms with Gasteiger partial charge in [0.1, 0.15) is 0 Å². The van der Waals surface area contributed by atoms with Crippen molar-refractivity contribution in [1.29, 1.82) is 0 Å². The lowest BCUT2D eigenvalue weighted by atomic mass is 9.93. The number of methoxy groups -OCH3 is 1. The third kappa shape index (κ3) is 3.75. The molecular formula is C14H20N2O3. The molecule has 1 aromatic rings. The van der Waals surface area contributed by atoms with Crippen molar-refractivity contribution >= 4 is 5.69 Å². The summed E-state index contributed by atoms with van der Waals surface area (Å²) in [5.74, 6) is 0. The minimum absolute atomic E-state index is 0.195. The molecule has 1 aliphatic carbocycles. The van der Waals surface area contributed by atoms with Gasteiger partial charge < -0.3 is 10.1 Å². The van der Waals surface area contributed by atoms with E-state index in [1.54, 1.807) is 19.2 Å². The Labute approximate surface area is 113 Å². The molecule has 1 aliphatic rings. The number of nitrogens with one attached hydrogen (secondary N) is 1. The van der Waals surface area contributed by atoms with Crippen molar-refractivity contribution in [2.24, 2.45) is 0 Å². The molecule has 1 aromatic carbocycles. The van der Waals surface area contributed by atoms with Crippen LogP contribution in [0.2, 0.25) is 0 Å². The second-order valence-corrected chi connectivity index (χ2v) is 4.98. The first-order valence-corrected chi connectivity index (χ1v) is 6.69. The minimum Gasteiger partial charge on any atom is -0.381 e. The molecule has 0 heterocycles. The van der Waals surface area contributed by atoms with Gasteiger partial charge in [-0.3, -0.25) is 10.1 Å². The van der Waals surface area contributed by atoms with E-state index in [-0.39, 0.29) is 10.6 Å². The highest BCUT2D eigenvalue weighted by Gasteiger charge is 2.21. The summed E-state index contributed by atoms with van der Waals surface area (Å²) in [5, 5.41) is 14.3. The van der Waals surface area contributed by atoms with Crippen LogP contribution in [0.5, 0.6) is 0 Å². The van der Waals surface area contributed by atoms with E-state index in [1.807, 2.05) is 12.1 Å². The summed E-state index contributed by atoms with van der Waals surface area (Å²) in [5.41, 5.74) is 0.946. The fourth-order valence-corrected chi connectivity index (χ4v) is 2.60. The van der Waals surface area contributed by atoms with Crippen molar-refractivity contribution in [3.05, 3.63) is 39.9 Å². The van der Waals surface area contributed by atoms with Gasteiger partial charge in [0.25, 0.3) is 5.69 Å². The molecule has 1 fully saturated rings. The second-order valence-electron chi connectivity index (χ2n) is 4.98. The molecule has 0 spiro atoms. The number of nitrogens with zero attached hydrogens (tertiary/aromatic N) is 1. The Hall–Kier alpha value is -1.46. The first-order valence-electron chi connectivity index (χ1n) is 6.69. The van der Waals surface area contributed by atoms with Crippen LogP contribution in [-0.4, -0.2) is 24.2 Å². The van der Waals surface area contributed by atoms with E-state index in [4.69, 9.17) is 4.74 Å². The number of benzene rings is 1. The van der Waals surface area contributed by atoms with Gasteiger partial charge >= 0.3 is 0 Å². The fraction of sp³-hybridized carbons (Fsp3) is 0.571. The number of ether oxygens (including phenoxy) is 1. The van der Waals surface area contributed by atoms with E-state index in [0.29, 0.717) is 18.7 Å². The van der Waals surface area contributed by atoms with Crippen molar-refractivity contribution in [2.45, 2.75) is 44.4 Å². The van der Waals surface area contributed by atoms with Gasteiger partial charge in [0.2, 0.25) is 0 Å². The van der Waals surface area contributed by atoms with Crippen molar-refractivity contribution in [3.8, 4) is 0 Å². The van der Waals surface area contributed by atoms with Gasteiger partial charge in [0.05, 0.1) is 11.0 Å². The number of hydrogen-bond acceptors (Lipinski definition) is 4. The lowest BCUT2D eigenvalue weighted by Crippen LogP contribution is -2.34. The van der Waals surface area contributed by atoms with E-state index >= 15 is 0 Å². The van der Waals surface area contributed by atoms with Gasteiger partial charge in [-0.1, -0.05) is 18.2 Å². The SMILES string of the molecule is COC1CCC(NCc2ccccc2[N+](=O)[O-])CC1. The minimum atomic E-state index is -0.321. The Bertz CT molecular complexity index is 428. The smallest absolute Gasteiger partial charge is 0.273 e. The average Bonchev–Trinajstić information content (AvgIpc) is 2.46. The van der Waals surface area contributed by atoms with E-state index in [2.05, 4.69) is 5.32 Å². The predicted octanol–water partition coefficient (Wildman–Crippen LogP) is 2.64. The molecule has 2 rings (SSSR count). The molecule has 0 radical (unpaired) electrons. The lowest BCUT2D eigenvalue weighted by molar-refractivity contribution is -0.385. The maximum absolute atomic E-state index is 10.9. The largest absolute Gasteiger partial charge is 0.381 e. The highest BCUT2D eigenvalue weighted by molar-refractivity contribution is 5.39. The molecule has 0 atom stereocenters. The van der Waals surface area contributed by atoms with Crippen molar-refractivity contribution in [3.63, 3.8) is 0 Å². The first-order chi connectivity index (χ1) is 9.20. The standard InChI is InChI=1S/C14H20N2O3/c1-19-13-8-6-12(7-9-13)15-10-11-4-2-3-5-14(11)16(17)18/h2-5,12-13,15H,6-10H2,1H3. The van der Waals surface area contributed by atoms with Crippen LogP contribution in [0.1, 0.15) is 31.2 Å². The van der Waals surface area contributed by atoms with Crippen LogP contribution in [0.25, 0.3) is 0 Å². The van der Waals surface area contributed by atoms with Gasteiger partial charge in [-0.25, -0.2) is 0 Å². The Morgan fingerprint density at radius 3 is 2.63 bits per heavy atom. The Kier molecular flexibility index (Phi) is 4.87. The molecule has 0 aliphatic heterocycles. The van der Waals surface area contributed by atoms with Gasteiger partial charge in [0.15, 0.2) is 0 Å².